The SMILES string of the molecule is I[PH](C[PH](I)(c1ccccc1)c1ccccc1)(c1ccccc1)c1ccccc1. The van der Waals surface area contributed by atoms with Gasteiger partial charge in [0.05, 0.1) is 0 Å². The van der Waals surface area contributed by atoms with E-state index in [0.717, 1.165) is 0 Å². The molecule has 0 aliphatic heterocycles. The molecule has 0 fully saturated rings. The van der Waals surface area contributed by atoms with Crippen LogP contribution in [0.2, 0.25) is 0 Å². The normalized spacial score (nSPS) is 13.0. The number of rotatable bonds is 6. The Balaban J connectivity index is 1.91. The molecule has 0 amide bonds. The molecule has 0 N–H and O–H groups in total. The standard InChI is InChI=1S/C25H24I2P2/c26-28(22-13-5-1-6-14-22,23-15-7-2-8-16-23)21-29(27,24-17-9-3-10-18-24)25-19-11-4-12-20-25/h1-20,28-29H,21H2. The molecule has 0 atom stereocenters. The maximum absolute atomic E-state index is 2.85. The molecular weight excluding hydrogens is 616 g/mol. The van der Waals surface area contributed by atoms with E-state index >= 15 is 0 Å². The van der Waals surface area contributed by atoms with Gasteiger partial charge in [-0.15, -0.1) is 0 Å². The minimum atomic E-state index is -1.98. The van der Waals surface area contributed by atoms with Gasteiger partial charge in [-0.2, -0.15) is 0 Å². The van der Waals surface area contributed by atoms with Crippen LogP contribution < -0.4 is 21.2 Å². The summed E-state index contributed by atoms with van der Waals surface area (Å²) in [6.07, 6.45) is 0. The molecule has 0 aliphatic rings. The van der Waals surface area contributed by atoms with Crippen LogP contribution in [0.3, 0.4) is 0 Å². The van der Waals surface area contributed by atoms with Gasteiger partial charge < -0.3 is 0 Å². The zero-order valence-electron chi connectivity index (χ0n) is 16.0. The third-order valence-corrected chi connectivity index (χ3v) is 28.6. The van der Waals surface area contributed by atoms with E-state index in [1.165, 1.54) is 27.1 Å². The van der Waals surface area contributed by atoms with Gasteiger partial charge in [-0.05, 0) is 0 Å². The molecule has 0 saturated heterocycles. The van der Waals surface area contributed by atoms with Gasteiger partial charge in [0.1, 0.15) is 0 Å². The summed E-state index contributed by atoms with van der Waals surface area (Å²) in [6.45, 7) is 0. The van der Waals surface area contributed by atoms with Crippen LogP contribution in [0.1, 0.15) is 0 Å². The number of hydrogen-bond donors (Lipinski definition) is 0. The Morgan fingerprint density at radius 2 is 0.586 bits per heavy atom. The summed E-state index contributed by atoms with van der Waals surface area (Å²) < 4.78 is 0. The average Bonchev–Trinajstić information content (AvgIpc) is 2.81. The molecule has 148 valence electrons. The fourth-order valence-electron chi connectivity index (χ4n) is 3.89. The first-order valence-corrected chi connectivity index (χ1v) is 20.4. The molecule has 0 aromatic heterocycles. The van der Waals surface area contributed by atoms with Crippen molar-refractivity contribution in [2.24, 2.45) is 0 Å². The van der Waals surface area contributed by atoms with Gasteiger partial charge in [0.25, 0.3) is 0 Å². The molecule has 0 nitrogen and oxygen atoms in total. The van der Waals surface area contributed by atoms with E-state index in [1.54, 1.807) is 0 Å². The van der Waals surface area contributed by atoms with Crippen LogP contribution in [0.4, 0.5) is 0 Å². The number of hydrogen-bond acceptors (Lipinski definition) is 0. The first-order chi connectivity index (χ1) is 14.1. The van der Waals surface area contributed by atoms with Gasteiger partial charge in [0.2, 0.25) is 0 Å². The molecule has 4 heteroatoms. The van der Waals surface area contributed by atoms with E-state index in [0.29, 0.717) is 0 Å². The van der Waals surface area contributed by atoms with E-state index in [4.69, 9.17) is 0 Å². The Hall–Kier alpha value is -0.800. The van der Waals surface area contributed by atoms with Crippen molar-refractivity contribution in [1.29, 1.82) is 0 Å². The van der Waals surface area contributed by atoms with Gasteiger partial charge in [0.15, 0.2) is 0 Å². The van der Waals surface area contributed by atoms with Gasteiger partial charge in [-0.25, -0.2) is 0 Å². The zero-order valence-corrected chi connectivity index (χ0v) is 22.3. The van der Waals surface area contributed by atoms with E-state index in [2.05, 4.69) is 165 Å². The third-order valence-electron chi connectivity index (χ3n) is 5.41. The van der Waals surface area contributed by atoms with Crippen molar-refractivity contribution < 1.29 is 0 Å². The van der Waals surface area contributed by atoms with Crippen molar-refractivity contribution in [2.75, 3.05) is 5.90 Å². The zero-order chi connectivity index (χ0) is 20.2. The van der Waals surface area contributed by atoms with E-state index in [1.807, 2.05) is 0 Å². The molecule has 4 rings (SSSR count). The van der Waals surface area contributed by atoms with Crippen molar-refractivity contribution in [3.8, 4) is 0 Å². The van der Waals surface area contributed by atoms with E-state index in [-0.39, 0.29) is 0 Å². The Labute approximate surface area is 200 Å². The van der Waals surface area contributed by atoms with Crippen LogP contribution in [0.25, 0.3) is 0 Å². The van der Waals surface area contributed by atoms with Crippen molar-refractivity contribution in [3.63, 3.8) is 0 Å². The molecule has 0 spiro atoms. The van der Waals surface area contributed by atoms with Crippen LogP contribution in [0, 0.1) is 0 Å². The summed E-state index contributed by atoms with van der Waals surface area (Å²) in [5, 5.41) is 6.03. The summed E-state index contributed by atoms with van der Waals surface area (Å²) in [5.41, 5.74) is 0. The Morgan fingerprint density at radius 3 is 0.793 bits per heavy atom. The van der Waals surface area contributed by atoms with E-state index in [9.17, 15) is 0 Å². The van der Waals surface area contributed by atoms with Gasteiger partial charge in [-0.3, -0.25) is 0 Å². The Bertz CT molecular complexity index is 873. The van der Waals surface area contributed by atoms with Crippen molar-refractivity contribution in [2.45, 2.75) is 0 Å². The minimum absolute atomic E-state index is 1.23. The maximum atomic E-state index is 2.85. The molecular formula is C25H24I2P2. The van der Waals surface area contributed by atoms with Crippen LogP contribution >= 0.6 is 53.9 Å². The molecule has 0 saturated carbocycles. The van der Waals surface area contributed by atoms with Crippen LogP contribution in [-0.2, 0) is 0 Å². The molecule has 0 bridgehead atoms. The van der Waals surface area contributed by atoms with E-state index < -0.39 is 9.81 Å². The quantitative estimate of drug-likeness (QED) is 0.168. The Kier molecular flexibility index (Phi) is 7.06. The second-order valence-corrected chi connectivity index (χ2v) is 25.2. The third kappa shape index (κ3) is 4.61. The van der Waals surface area contributed by atoms with Gasteiger partial charge in [0, 0.05) is 0 Å². The molecule has 0 aliphatic carbocycles. The summed E-state index contributed by atoms with van der Waals surface area (Å²) in [6, 6.07) is 44.8. The Morgan fingerprint density at radius 1 is 0.379 bits per heavy atom. The van der Waals surface area contributed by atoms with Crippen molar-refractivity contribution in [1.82, 2.24) is 0 Å². The molecule has 0 unspecified atom stereocenters. The predicted octanol–water partition coefficient (Wildman–Crippen LogP) is 6.45. The monoisotopic (exact) mass is 640 g/mol. The van der Waals surface area contributed by atoms with Gasteiger partial charge in [-0.1, -0.05) is 0 Å². The second kappa shape index (κ2) is 9.56. The summed E-state index contributed by atoms with van der Waals surface area (Å²) in [5.74, 6) is 1.23. The predicted molar refractivity (Wildman–Crippen MR) is 154 cm³/mol. The van der Waals surface area contributed by atoms with Crippen LogP contribution in [0.5, 0.6) is 0 Å². The fraction of sp³-hybridized carbons (Fsp3) is 0.0400. The summed E-state index contributed by atoms with van der Waals surface area (Å²) in [7, 11) is 0. The first-order valence-electron chi connectivity index (χ1n) is 9.73. The molecule has 0 radical (unpaired) electrons. The number of halogens is 2. The van der Waals surface area contributed by atoms with Gasteiger partial charge >= 0.3 is 202 Å². The summed E-state index contributed by atoms with van der Waals surface area (Å²) in [4.78, 5) is -3.96. The van der Waals surface area contributed by atoms with Crippen LogP contribution in [-0.4, -0.2) is 5.90 Å². The summed E-state index contributed by atoms with van der Waals surface area (Å²) >= 11 is 5.71. The first kappa shape index (κ1) is 21.4. The van der Waals surface area contributed by atoms with Crippen LogP contribution in [0.15, 0.2) is 121 Å². The average molecular weight is 640 g/mol. The van der Waals surface area contributed by atoms with Crippen molar-refractivity contribution in [3.05, 3.63) is 121 Å². The fourth-order valence-corrected chi connectivity index (χ4v) is 34.6. The molecule has 4 aromatic rings. The molecule has 29 heavy (non-hydrogen) atoms. The second-order valence-electron chi connectivity index (χ2n) is 7.24. The molecule has 0 heterocycles. The topological polar surface area (TPSA) is 0 Å². The number of benzene rings is 4. The molecule has 4 aromatic carbocycles. The van der Waals surface area contributed by atoms with Crippen molar-refractivity contribution >= 4 is 75.1 Å².